The van der Waals surface area contributed by atoms with Gasteiger partial charge in [0, 0.05) is 25.8 Å². The zero-order valence-corrected chi connectivity index (χ0v) is 16.0. The molecule has 2 aromatic rings. The Balaban J connectivity index is 1.32. The maximum absolute atomic E-state index is 12.7. The van der Waals surface area contributed by atoms with Crippen molar-refractivity contribution < 1.29 is 14.0 Å². The van der Waals surface area contributed by atoms with Gasteiger partial charge < -0.3 is 14.6 Å². The number of carbonyl (C=O) groups is 2. The molecule has 2 saturated heterocycles. The van der Waals surface area contributed by atoms with E-state index in [1.807, 2.05) is 30.1 Å². The van der Waals surface area contributed by atoms with Gasteiger partial charge in [0.2, 0.25) is 11.7 Å². The molecule has 1 N–H and O–H groups in total. The number of aromatic nitrogens is 2. The van der Waals surface area contributed by atoms with Crippen molar-refractivity contribution in [1.82, 2.24) is 25.1 Å². The summed E-state index contributed by atoms with van der Waals surface area (Å²) in [7, 11) is 2.01. The van der Waals surface area contributed by atoms with Crippen LogP contribution in [0.25, 0.3) is 0 Å². The molecule has 1 unspecified atom stereocenters. The van der Waals surface area contributed by atoms with Crippen molar-refractivity contribution in [2.75, 3.05) is 26.7 Å². The molecule has 4 heterocycles. The van der Waals surface area contributed by atoms with Crippen LogP contribution in [0.15, 0.2) is 41.4 Å². The summed E-state index contributed by atoms with van der Waals surface area (Å²) < 4.78 is 5.13. The van der Waals surface area contributed by atoms with E-state index in [-0.39, 0.29) is 29.0 Å². The van der Waals surface area contributed by atoms with Crippen molar-refractivity contribution in [3.63, 3.8) is 0 Å². The predicted molar refractivity (Wildman–Crippen MR) is 101 cm³/mol. The standard InChI is InChI=1S/C20H25N5O3/c1-24-13-20(5-8-25(9-6-20)19(27)17-12-21-14-28-17)10-16(24)18(26)23-11-15-4-2-3-7-22-15/h2-4,7,12,14,16H,5-6,8-11,13H2,1H3,(H,23,26). The molecule has 148 valence electrons. The molecule has 2 fully saturated rings. The molecule has 0 aliphatic carbocycles. The normalized spacial score (nSPS) is 21.8. The third-order valence-electron chi connectivity index (χ3n) is 5.97. The average molecular weight is 383 g/mol. The molecule has 2 aromatic heterocycles. The third-order valence-corrected chi connectivity index (χ3v) is 5.97. The fourth-order valence-corrected chi connectivity index (χ4v) is 4.38. The number of likely N-dealkylation sites (N-methyl/N-ethyl adjacent to an activating group) is 1. The van der Waals surface area contributed by atoms with Gasteiger partial charge in [0.05, 0.1) is 24.5 Å². The average Bonchev–Trinajstić information content (AvgIpc) is 3.36. The molecule has 2 aliphatic heterocycles. The molecule has 1 atom stereocenters. The Morgan fingerprint density at radius 3 is 2.82 bits per heavy atom. The number of pyridine rings is 1. The molecule has 8 nitrogen and oxygen atoms in total. The molecule has 4 rings (SSSR count). The van der Waals surface area contributed by atoms with Gasteiger partial charge in [-0.05, 0) is 43.9 Å². The van der Waals surface area contributed by atoms with E-state index in [0.717, 1.165) is 31.5 Å². The van der Waals surface area contributed by atoms with Crippen LogP contribution < -0.4 is 5.32 Å². The van der Waals surface area contributed by atoms with Crippen LogP contribution in [0.5, 0.6) is 0 Å². The summed E-state index contributed by atoms with van der Waals surface area (Å²) in [6, 6.07) is 5.54. The Hall–Kier alpha value is -2.74. The highest BCUT2D eigenvalue weighted by Crippen LogP contribution is 2.43. The maximum Gasteiger partial charge on any atom is 0.291 e. The quantitative estimate of drug-likeness (QED) is 0.856. The second kappa shape index (κ2) is 7.71. The van der Waals surface area contributed by atoms with E-state index in [2.05, 4.69) is 20.2 Å². The van der Waals surface area contributed by atoms with Crippen molar-refractivity contribution in [3.05, 3.63) is 48.4 Å². The SMILES string of the molecule is CN1CC2(CCN(C(=O)c3cnco3)CC2)CC1C(=O)NCc1ccccn1. The zero-order chi connectivity index (χ0) is 19.6. The maximum atomic E-state index is 12.7. The van der Waals surface area contributed by atoms with Gasteiger partial charge in [-0.15, -0.1) is 0 Å². The monoisotopic (exact) mass is 383 g/mol. The van der Waals surface area contributed by atoms with Crippen LogP contribution >= 0.6 is 0 Å². The van der Waals surface area contributed by atoms with Gasteiger partial charge in [-0.2, -0.15) is 0 Å². The first-order chi connectivity index (χ1) is 13.6. The van der Waals surface area contributed by atoms with Crippen LogP contribution in [0.1, 0.15) is 35.5 Å². The second-order valence-corrected chi connectivity index (χ2v) is 7.83. The Morgan fingerprint density at radius 1 is 1.32 bits per heavy atom. The first-order valence-electron chi connectivity index (χ1n) is 9.62. The van der Waals surface area contributed by atoms with Gasteiger partial charge in [-0.1, -0.05) is 6.07 Å². The fourth-order valence-electron chi connectivity index (χ4n) is 4.38. The molecule has 0 radical (unpaired) electrons. The number of nitrogens with zero attached hydrogens (tertiary/aromatic N) is 4. The number of nitrogens with one attached hydrogen (secondary N) is 1. The number of rotatable bonds is 4. The summed E-state index contributed by atoms with van der Waals surface area (Å²) in [5.41, 5.74) is 0.936. The first-order valence-corrected chi connectivity index (χ1v) is 9.62. The lowest BCUT2D eigenvalue weighted by Crippen LogP contribution is -2.44. The molecular weight excluding hydrogens is 358 g/mol. The Bertz CT molecular complexity index is 816. The summed E-state index contributed by atoms with van der Waals surface area (Å²) in [5, 5.41) is 3.01. The van der Waals surface area contributed by atoms with E-state index in [4.69, 9.17) is 4.42 Å². The smallest absolute Gasteiger partial charge is 0.291 e. The van der Waals surface area contributed by atoms with Crippen molar-refractivity contribution >= 4 is 11.8 Å². The summed E-state index contributed by atoms with van der Waals surface area (Å²) in [6.07, 6.45) is 7.06. The minimum Gasteiger partial charge on any atom is -0.438 e. The van der Waals surface area contributed by atoms with Gasteiger partial charge in [0.15, 0.2) is 6.39 Å². The number of carbonyl (C=O) groups excluding carboxylic acids is 2. The number of hydrogen-bond donors (Lipinski definition) is 1. The van der Waals surface area contributed by atoms with Crippen molar-refractivity contribution in [2.45, 2.75) is 31.8 Å². The molecular formula is C20H25N5O3. The zero-order valence-electron chi connectivity index (χ0n) is 16.0. The minimum atomic E-state index is -0.139. The lowest BCUT2D eigenvalue weighted by molar-refractivity contribution is -0.125. The highest BCUT2D eigenvalue weighted by Gasteiger charge is 2.47. The topological polar surface area (TPSA) is 91.6 Å². The van der Waals surface area contributed by atoms with Crippen LogP contribution in [-0.2, 0) is 11.3 Å². The molecule has 0 saturated carbocycles. The lowest BCUT2D eigenvalue weighted by atomic mass is 9.76. The van der Waals surface area contributed by atoms with Crippen LogP contribution in [0.3, 0.4) is 0 Å². The van der Waals surface area contributed by atoms with Gasteiger partial charge in [0.1, 0.15) is 0 Å². The fraction of sp³-hybridized carbons (Fsp3) is 0.500. The van der Waals surface area contributed by atoms with E-state index in [9.17, 15) is 9.59 Å². The summed E-state index contributed by atoms with van der Waals surface area (Å²) in [6.45, 7) is 2.67. The van der Waals surface area contributed by atoms with Gasteiger partial charge >= 0.3 is 0 Å². The molecule has 8 heteroatoms. The van der Waals surface area contributed by atoms with Gasteiger partial charge in [-0.3, -0.25) is 19.5 Å². The van der Waals surface area contributed by atoms with E-state index < -0.39 is 0 Å². The van der Waals surface area contributed by atoms with E-state index >= 15 is 0 Å². The Kier molecular flexibility index (Phi) is 5.13. The van der Waals surface area contributed by atoms with Crippen LogP contribution in [0.2, 0.25) is 0 Å². The molecule has 0 aromatic carbocycles. The van der Waals surface area contributed by atoms with Crippen LogP contribution in [0, 0.1) is 5.41 Å². The molecule has 1 spiro atoms. The largest absolute Gasteiger partial charge is 0.438 e. The number of piperidine rings is 1. The summed E-state index contributed by atoms with van der Waals surface area (Å²) in [4.78, 5) is 37.2. The van der Waals surface area contributed by atoms with Crippen molar-refractivity contribution in [2.24, 2.45) is 5.41 Å². The lowest BCUT2D eigenvalue weighted by Gasteiger charge is -2.38. The molecule has 2 amide bonds. The summed E-state index contributed by atoms with van der Waals surface area (Å²) >= 11 is 0. The van der Waals surface area contributed by atoms with Crippen LogP contribution in [-0.4, -0.2) is 64.3 Å². The van der Waals surface area contributed by atoms with Crippen molar-refractivity contribution in [1.29, 1.82) is 0 Å². The number of hydrogen-bond acceptors (Lipinski definition) is 6. The molecule has 0 bridgehead atoms. The Labute approximate surface area is 163 Å². The van der Waals surface area contributed by atoms with Crippen molar-refractivity contribution in [3.8, 4) is 0 Å². The summed E-state index contributed by atoms with van der Waals surface area (Å²) in [5.74, 6) is 0.222. The molecule has 2 aliphatic rings. The van der Waals surface area contributed by atoms with Gasteiger partial charge in [-0.25, -0.2) is 4.98 Å². The highest BCUT2D eigenvalue weighted by atomic mass is 16.3. The van der Waals surface area contributed by atoms with E-state index in [1.165, 1.54) is 12.6 Å². The van der Waals surface area contributed by atoms with Crippen LogP contribution in [0.4, 0.5) is 0 Å². The third kappa shape index (κ3) is 3.77. The minimum absolute atomic E-state index is 0.0465. The highest BCUT2D eigenvalue weighted by molar-refractivity contribution is 5.91. The second-order valence-electron chi connectivity index (χ2n) is 7.83. The first kappa shape index (κ1) is 18.6. The molecule has 28 heavy (non-hydrogen) atoms. The number of oxazole rings is 1. The number of amides is 2. The Morgan fingerprint density at radius 2 is 2.14 bits per heavy atom. The predicted octanol–water partition coefficient (Wildman–Crippen LogP) is 1.31. The van der Waals surface area contributed by atoms with E-state index in [0.29, 0.717) is 19.6 Å². The van der Waals surface area contributed by atoms with E-state index in [1.54, 1.807) is 6.20 Å². The number of likely N-dealkylation sites (tertiary alicyclic amines) is 2. The van der Waals surface area contributed by atoms with Gasteiger partial charge in [0.25, 0.3) is 5.91 Å².